The molecule has 0 aliphatic rings. The number of ether oxygens (including phenoxy) is 1. The van der Waals surface area contributed by atoms with Crippen molar-refractivity contribution >= 4 is 27.5 Å². The molecule has 2 amide bonds. The number of benzene rings is 4. The summed E-state index contributed by atoms with van der Waals surface area (Å²) in [5.41, 5.74) is 4.01. The zero-order chi connectivity index (χ0) is 34.0. The molecule has 0 aliphatic carbocycles. The number of carbonyl (C=O) groups is 2. The molecule has 248 valence electrons. The Morgan fingerprint density at radius 1 is 0.830 bits per heavy atom. The highest BCUT2D eigenvalue weighted by molar-refractivity contribution is 7.92. The molecule has 8 nitrogen and oxygen atoms in total. The van der Waals surface area contributed by atoms with E-state index < -0.39 is 28.5 Å². The first kappa shape index (κ1) is 35.2. The summed E-state index contributed by atoms with van der Waals surface area (Å²) >= 11 is 0. The van der Waals surface area contributed by atoms with E-state index in [-0.39, 0.29) is 29.8 Å². The van der Waals surface area contributed by atoms with Crippen molar-refractivity contribution in [3.05, 3.63) is 125 Å². The highest BCUT2D eigenvalue weighted by Gasteiger charge is 2.35. The number of sulfonamides is 1. The van der Waals surface area contributed by atoms with E-state index in [2.05, 4.69) is 5.32 Å². The van der Waals surface area contributed by atoms with Crippen molar-refractivity contribution in [2.45, 2.75) is 71.0 Å². The molecule has 0 radical (unpaired) electrons. The molecular weight excluding hydrogens is 611 g/mol. The Morgan fingerprint density at radius 2 is 1.47 bits per heavy atom. The van der Waals surface area contributed by atoms with Gasteiger partial charge in [-0.3, -0.25) is 13.9 Å². The van der Waals surface area contributed by atoms with Crippen LogP contribution < -0.4 is 14.4 Å². The summed E-state index contributed by atoms with van der Waals surface area (Å²) in [6, 6.07) is 29.4. The van der Waals surface area contributed by atoms with E-state index in [0.29, 0.717) is 18.0 Å². The average molecular weight is 656 g/mol. The van der Waals surface area contributed by atoms with E-state index in [1.54, 1.807) is 24.3 Å². The van der Waals surface area contributed by atoms with E-state index in [9.17, 15) is 18.0 Å². The summed E-state index contributed by atoms with van der Waals surface area (Å²) in [4.78, 5) is 30.2. The maximum absolute atomic E-state index is 14.6. The fourth-order valence-corrected chi connectivity index (χ4v) is 6.62. The Bertz CT molecular complexity index is 1730. The number of anilines is 1. The number of carbonyl (C=O) groups excluding carboxylic acids is 2. The zero-order valence-corrected chi connectivity index (χ0v) is 28.7. The van der Waals surface area contributed by atoms with Crippen LogP contribution >= 0.6 is 0 Å². The van der Waals surface area contributed by atoms with Crippen LogP contribution in [0.4, 0.5) is 5.69 Å². The van der Waals surface area contributed by atoms with Gasteiger partial charge in [0, 0.05) is 19.0 Å². The SMILES string of the molecule is CCOc1ccc(S(=O)(=O)N(CC(=O)N(Cc2ccccc2C)C(Cc2ccccc2)C(=O)NC(C)CC)c2ccc(C)cc2)cc1. The Morgan fingerprint density at radius 3 is 2.09 bits per heavy atom. The standard InChI is InChI=1S/C38H45N3O5S/c1-6-30(5)39-38(43)36(25-31-14-9-8-10-15-31)40(26-32-16-12-11-13-29(32)4)37(42)27-41(33-19-17-28(3)18-20-33)47(44,45)35-23-21-34(22-24-35)46-7-2/h8-24,30,36H,6-7,25-27H2,1-5H3,(H,39,43). The third-order valence-electron chi connectivity index (χ3n) is 8.20. The summed E-state index contributed by atoms with van der Waals surface area (Å²) in [6.07, 6.45) is 0.980. The molecule has 0 fully saturated rings. The van der Waals surface area contributed by atoms with Gasteiger partial charge in [-0.1, -0.05) is 79.2 Å². The molecule has 47 heavy (non-hydrogen) atoms. The van der Waals surface area contributed by atoms with Crippen molar-refractivity contribution in [3.63, 3.8) is 0 Å². The first-order chi connectivity index (χ1) is 22.5. The van der Waals surface area contributed by atoms with E-state index in [1.165, 1.54) is 17.0 Å². The quantitative estimate of drug-likeness (QED) is 0.159. The van der Waals surface area contributed by atoms with Gasteiger partial charge in [0.05, 0.1) is 17.2 Å². The van der Waals surface area contributed by atoms with Gasteiger partial charge in [0.25, 0.3) is 10.0 Å². The van der Waals surface area contributed by atoms with Gasteiger partial charge in [-0.15, -0.1) is 0 Å². The summed E-state index contributed by atoms with van der Waals surface area (Å²) in [7, 11) is -4.21. The van der Waals surface area contributed by atoms with Gasteiger partial charge < -0.3 is 15.0 Å². The van der Waals surface area contributed by atoms with Gasteiger partial charge in [-0.2, -0.15) is 0 Å². The third-order valence-corrected chi connectivity index (χ3v) is 9.99. The Hall–Kier alpha value is -4.63. The minimum absolute atomic E-state index is 0.0233. The van der Waals surface area contributed by atoms with Crippen molar-refractivity contribution in [2.75, 3.05) is 17.5 Å². The smallest absolute Gasteiger partial charge is 0.264 e. The molecule has 0 spiro atoms. The van der Waals surface area contributed by atoms with Crippen molar-refractivity contribution in [1.82, 2.24) is 10.2 Å². The number of rotatable bonds is 15. The summed E-state index contributed by atoms with van der Waals surface area (Å²) < 4.78 is 35.2. The van der Waals surface area contributed by atoms with Crippen LogP contribution in [0, 0.1) is 13.8 Å². The number of amides is 2. The van der Waals surface area contributed by atoms with Gasteiger partial charge in [0.15, 0.2) is 0 Å². The van der Waals surface area contributed by atoms with E-state index in [0.717, 1.165) is 33.0 Å². The first-order valence-electron chi connectivity index (χ1n) is 16.0. The molecule has 0 aromatic heterocycles. The van der Waals surface area contributed by atoms with Crippen LogP contribution in [0.2, 0.25) is 0 Å². The molecule has 0 bridgehead atoms. The zero-order valence-electron chi connectivity index (χ0n) is 27.8. The van der Waals surface area contributed by atoms with E-state index in [1.807, 2.05) is 101 Å². The van der Waals surface area contributed by atoms with Crippen LogP contribution in [0.5, 0.6) is 5.75 Å². The molecule has 1 N–H and O–H groups in total. The number of nitrogens with one attached hydrogen (secondary N) is 1. The van der Waals surface area contributed by atoms with Gasteiger partial charge in [-0.25, -0.2) is 8.42 Å². The molecule has 4 aromatic carbocycles. The normalized spacial score (nSPS) is 12.5. The minimum Gasteiger partial charge on any atom is -0.494 e. The predicted octanol–water partition coefficient (Wildman–Crippen LogP) is 6.45. The number of hydrogen-bond donors (Lipinski definition) is 1. The van der Waals surface area contributed by atoms with Crippen LogP contribution in [0.15, 0.2) is 108 Å². The molecule has 0 saturated carbocycles. The lowest BCUT2D eigenvalue weighted by atomic mass is 10.0. The monoisotopic (exact) mass is 655 g/mol. The number of hydrogen-bond acceptors (Lipinski definition) is 5. The topological polar surface area (TPSA) is 96.0 Å². The van der Waals surface area contributed by atoms with Gasteiger partial charge >= 0.3 is 0 Å². The predicted molar refractivity (Wildman–Crippen MR) is 187 cm³/mol. The Kier molecular flexibility index (Phi) is 12.2. The van der Waals surface area contributed by atoms with Crippen LogP contribution in [-0.2, 0) is 32.6 Å². The summed E-state index contributed by atoms with van der Waals surface area (Å²) in [5.74, 6) is -0.241. The maximum Gasteiger partial charge on any atom is 0.264 e. The van der Waals surface area contributed by atoms with Gasteiger partial charge in [0.2, 0.25) is 11.8 Å². The lowest BCUT2D eigenvalue weighted by Gasteiger charge is -2.34. The lowest BCUT2D eigenvalue weighted by Crippen LogP contribution is -2.54. The second-order valence-corrected chi connectivity index (χ2v) is 13.6. The molecule has 4 rings (SSSR count). The fourth-order valence-electron chi connectivity index (χ4n) is 5.21. The highest BCUT2D eigenvalue weighted by atomic mass is 32.2. The first-order valence-corrected chi connectivity index (χ1v) is 17.5. The molecule has 2 atom stereocenters. The second-order valence-electron chi connectivity index (χ2n) is 11.7. The molecule has 9 heteroatoms. The fraction of sp³-hybridized carbons (Fsp3) is 0.316. The van der Waals surface area contributed by atoms with Gasteiger partial charge in [-0.05, 0) is 87.2 Å². The molecule has 0 saturated heterocycles. The van der Waals surface area contributed by atoms with Crippen molar-refractivity contribution in [1.29, 1.82) is 0 Å². The van der Waals surface area contributed by atoms with Crippen molar-refractivity contribution in [3.8, 4) is 5.75 Å². The molecule has 0 heterocycles. The Labute approximate surface area is 279 Å². The lowest BCUT2D eigenvalue weighted by molar-refractivity contribution is -0.140. The van der Waals surface area contributed by atoms with Crippen LogP contribution in [-0.4, -0.2) is 50.4 Å². The summed E-state index contributed by atoms with van der Waals surface area (Å²) in [6.45, 7) is 9.70. The second kappa shape index (κ2) is 16.3. The highest BCUT2D eigenvalue weighted by Crippen LogP contribution is 2.27. The Balaban J connectivity index is 1.80. The molecular formula is C38H45N3O5S. The minimum atomic E-state index is -4.21. The molecule has 0 aliphatic heterocycles. The van der Waals surface area contributed by atoms with Crippen molar-refractivity contribution < 1.29 is 22.7 Å². The number of aryl methyl sites for hydroxylation is 2. The van der Waals surface area contributed by atoms with Crippen LogP contribution in [0.3, 0.4) is 0 Å². The van der Waals surface area contributed by atoms with Gasteiger partial charge in [0.1, 0.15) is 18.3 Å². The third kappa shape index (κ3) is 9.23. The van der Waals surface area contributed by atoms with E-state index in [4.69, 9.17) is 4.74 Å². The van der Waals surface area contributed by atoms with Crippen LogP contribution in [0.25, 0.3) is 0 Å². The largest absolute Gasteiger partial charge is 0.494 e. The van der Waals surface area contributed by atoms with Crippen molar-refractivity contribution in [2.24, 2.45) is 0 Å². The molecule has 4 aromatic rings. The molecule has 2 unspecified atom stereocenters. The van der Waals surface area contributed by atoms with Crippen LogP contribution in [0.1, 0.15) is 49.4 Å². The average Bonchev–Trinajstić information content (AvgIpc) is 3.07. The summed E-state index contributed by atoms with van der Waals surface area (Å²) in [5, 5.41) is 3.07. The number of nitrogens with zero attached hydrogens (tertiary/aromatic N) is 2. The maximum atomic E-state index is 14.6. The van der Waals surface area contributed by atoms with E-state index >= 15 is 0 Å².